The second kappa shape index (κ2) is 9.74. The van der Waals surface area contributed by atoms with Crippen LogP contribution in [0, 0.1) is 23.7 Å². The van der Waals surface area contributed by atoms with E-state index in [0.29, 0.717) is 0 Å². The predicted molar refractivity (Wildman–Crippen MR) is 110 cm³/mol. The lowest BCUT2D eigenvalue weighted by Crippen LogP contribution is -2.51. The molecule has 0 spiro atoms. The molecule has 2 aliphatic carbocycles. The fourth-order valence-corrected chi connectivity index (χ4v) is 5.51. The Morgan fingerprint density at radius 1 is 1.17 bits per heavy atom. The summed E-state index contributed by atoms with van der Waals surface area (Å²) in [6.07, 6.45) is 11.1. The summed E-state index contributed by atoms with van der Waals surface area (Å²) in [6.45, 7) is 1.97. The Bertz CT molecular complexity index is 644. The Kier molecular flexibility index (Phi) is 7.33. The first-order valence-corrected chi connectivity index (χ1v) is 11.1. The summed E-state index contributed by atoms with van der Waals surface area (Å²) in [5.41, 5.74) is 0. The van der Waals surface area contributed by atoms with Crippen molar-refractivity contribution in [2.75, 3.05) is 20.2 Å². The van der Waals surface area contributed by atoms with Gasteiger partial charge in [-0.3, -0.25) is 14.4 Å². The van der Waals surface area contributed by atoms with E-state index < -0.39 is 17.9 Å². The van der Waals surface area contributed by atoms with Gasteiger partial charge in [0, 0.05) is 25.6 Å². The van der Waals surface area contributed by atoms with E-state index in [2.05, 4.69) is 17.6 Å². The summed E-state index contributed by atoms with van der Waals surface area (Å²) in [7, 11) is 1.59. The average molecular weight is 406 g/mol. The fraction of sp³-hybridized carbons (Fsp3) is 0.773. The van der Waals surface area contributed by atoms with Crippen molar-refractivity contribution in [3.63, 3.8) is 0 Å². The second-order valence-electron chi connectivity index (χ2n) is 8.62. The van der Waals surface area contributed by atoms with Gasteiger partial charge in [0.2, 0.25) is 17.7 Å². The highest BCUT2D eigenvalue weighted by atomic mass is 16.3. The van der Waals surface area contributed by atoms with Crippen molar-refractivity contribution in [2.45, 2.75) is 64.0 Å². The molecule has 29 heavy (non-hydrogen) atoms. The maximum atomic E-state index is 13.3. The van der Waals surface area contributed by atoms with Crippen LogP contribution in [-0.2, 0) is 14.4 Å². The maximum absolute atomic E-state index is 13.3. The van der Waals surface area contributed by atoms with Gasteiger partial charge >= 0.3 is 0 Å². The van der Waals surface area contributed by atoms with Crippen LogP contribution in [-0.4, -0.2) is 60.0 Å². The lowest BCUT2D eigenvalue weighted by Gasteiger charge is -2.34. The van der Waals surface area contributed by atoms with E-state index in [9.17, 15) is 19.5 Å². The normalized spacial score (nSPS) is 32.2. The third-order valence-electron chi connectivity index (χ3n) is 6.84. The Balaban J connectivity index is 1.89. The first-order valence-electron chi connectivity index (χ1n) is 11.1. The summed E-state index contributed by atoms with van der Waals surface area (Å²) in [4.78, 5) is 40.8. The van der Waals surface area contributed by atoms with Gasteiger partial charge < -0.3 is 20.6 Å². The quantitative estimate of drug-likeness (QED) is 0.555. The molecule has 2 fully saturated rings. The molecule has 1 aliphatic heterocycles. The van der Waals surface area contributed by atoms with Crippen LogP contribution in [0.1, 0.15) is 51.9 Å². The van der Waals surface area contributed by atoms with Crippen LogP contribution in [0.5, 0.6) is 0 Å². The van der Waals surface area contributed by atoms with Crippen molar-refractivity contribution < 1.29 is 19.5 Å². The zero-order valence-corrected chi connectivity index (χ0v) is 17.6. The summed E-state index contributed by atoms with van der Waals surface area (Å²) in [5, 5.41) is 15.4. The molecule has 0 aromatic rings. The lowest BCUT2D eigenvalue weighted by molar-refractivity contribution is -0.141. The monoisotopic (exact) mass is 405 g/mol. The van der Waals surface area contributed by atoms with Gasteiger partial charge in [-0.05, 0) is 25.2 Å². The number of aliphatic hydroxyl groups excluding tert-OH is 1. The van der Waals surface area contributed by atoms with E-state index in [1.54, 1.807) is 7.05 Å². The number of hydrogen-bond donors (Lipinski definition) is 3. The van der Waals surface area contributed by atoms with Gasteiger partial charge in [0.25, 0.3) is 0 Å². The van der Waals surface area contributed by atoms with Gasteiger partial charge in [0.15, 0.2) is 0 Å². The first kappa shape index (κ1) is 21.8. The number of β-amino-alcohol motifs (C(OH)–C–C–N with tert-alkyl or cyclic N) is 1. The van der Waals surface area contributed by atoms with Crippen LogP contribution < -0.4 is 10.6 Å². The van der Waals surface area contributed by atoms with Crippen LogP contribution in [0.3, 0.4) is 0 Å². The van der Waals surface area contributed by atoms with E-state index in [0.717, 1.165) is 38.5 Å². The molecule has 3 amide bonds. The lowest BCUT2D eigenvalue weighted by atomic mass is 9.68. The number of hydrogen-bond acceptors (Lipinski definition) is 4. The highest BCUT2D eigenvalue weighted by molar-refractivity contribution is 5.96. The van der Waals surface area contributed by atoms with Gasteiger partial charge in [-0.2, -0.15) is 0 Å². The molecule has 0 unspecified atom stereocenters. The van der Waals surface area contributed by atoms with Crippen molar-refractivity contribution in [3.05, 3.63) is 12.2 Å². The molecule has 7 heteroatoms. The van der Waals surface area contributed by atoms with Crippen LogP contribution >= 0.6 is 0 Å². The second-order valence-corrected chi connectivity index (χ2v) is 8.62. The number of nitrogens with zero attached hydrogens (tertiary/aromatic N) is 1. The van der Waals surface area contributed by atoms with Crippen LogP contribution in [0.15, 0.2) is 12.2 Å². The van der Waals surface area contributed by atoms with Crippen molar-refractivity contribution in [1.29, 1.82) is 0 Å². The maximum Gasteiger partial charge on any atom is 0.243 e. The smallest absolute Gasteiger partial charge is 0.243 e. The first-order chi connectivity index (χ1) is 14.0. The van der Waals surface area contributed by atoms with E-state index in [-0.39, 0.29) is 48.8 Å². The van der Waals surface area contributed by atoms with Gasteiger partial charge in [-0.15, -0.1) is 0 Å². The number of amides is 3. The zero-order valence-electron chi connectivity index (χ0n) is 17.6. The van der Waals surface area contributed by atoms with E-state index >= 15 is 0 Å². The van der Waals surface area contributed by atoms with Crippen molar-refractivity contribution >= 4 is 17.7 Å². The Morgan fingerprint density at radius 3 is 2.52 bits per heavy atom. The fourth-order valence-electron chi connectivity index (χ4n) is 5.51. The minimum Gasteiger partial charge on any atom is -0.395 e. The van der Waals surface area contributed by atoms with Gasteiger partial charge in [0.1, 0.15) is 6.04 Å². The van der Waals surface area contributed by atoms with E-state index in [1.165, 1.54) is 11.3 Å². The van der Waals surface area contributed by atoms with Gasteiger partial charge in [0.05, 0.1) is 18.4 Å². The van der Waals surface area contributed by atoms with Crippen molar-refractivity contribution in [1.82, 2.24) is 15.5 Å². The number of carbonyl (C=O) groups is 3. The van der Waals surface area contributed by atoms with Gasteiger partial charge in [-0.25, -0.2) is 0 Å². The Labute approximate surface area is 173 Å². The standard InChI is InChI=1S/C22H35N3O4/c1-3-7-14-10-11-16-18(17(14)20(27)23-2)22(29)25(12-13-26)19(16)21(28)24-15-8-5-4-6-9-15/h10-11,14-19,26H,3-9,12-13H2,1-2H3,(H,23,27)(H,24,28)/t14-,16+,17-,18+,19+/m1/s1. The number of likely N-dealkylation sites (tertiary alicyclic amines) is 1. The molecule has 1 heterocycles. The molecule has 3 rings (SSSR count). The van der Waals surface area contributed by atoms with Crippen LogP contribution in [0.25, 0.3) is 0 Å². The molecular formula is C22H35N3O4. The molecule has 0 bridgehead atoms. The van der Waals surface area contributed by atoms with Crippen LogP contribution in [0.2, 0.25) is 0 Å². The molecule has 162 valence electrons. The van der Waals surface area contributed by atoms with E-state index in [4.69, 9.17) is 0 Å². The topological polar surface area (TPSA) is 98.7 Å². The summed E-state index contributed by atoms with van der Waals surface area (Å²) in [6, 6.07) is -0.510. The summed E-state index contributed by atoms with van der Waals surface area (Å²) < 4.78 is 0. The minimum atomic E-state index is -0.660. The van der Waals surface area contributed by atoms with Crippen molar-refractivity contribution in [2.24, 2.45) is 23.7 Å². The van der Waals surface area contributed by atoms with Gasteiger partial charge in [-0.1, -0.05) is 44.8 Å². The number of fused-ring (bicyclic) bond motifs is 1. The average Bonchev–Trinajstić information content (AvgIpc) is 3.00. The highest BCUT2D eigenvalue weighted by Gasteiger charge is 2.56. The molecule has 0 aromatic heterocycles. The summed E-state index contributed by atoms with van der Waals surface area (Å²) in [5.74, 6) is -1.86. The molecule has 5 atom stereocenters. The number of nitrogens with one attached hydrogen (secondary N) is 2. The number of carbonyl (C=O) groups excluding carboxylic acids is 3. The Morgan fingerprint density at radius 2 is 1.90 bits per heavy atom. The van der Waals surface area contributed by atoms with Crippen molar-refractivity contribution in [3.8, 4) is 0 Å². The molecule has 0 radical (unpaired) electrons. The number of aliphatic hydroxyl groups is 1. The Hall–Kier alpha value is -1.89. The third kappa shape index (κ3) is 4.34. The molecule has 1 saturated heterocycles. The molecule has 3 aliphatic rings. The number of allylic oxidation sites excluding steroid dienone is 1. The van der Waals surface area contributed by atoms with E-state index in [1.807, 2.05) is 12.2 Å². The predicted octanol–water partition coefficient (Wildman–Crippen LogP) is 1.22. The number of rotatable bonds is 7. The largest absolute Gasteiger partial charge is 0.395 e. The molecule has 3 N–H and O–H groups in total. The highest BCUT2D eigenvalue weighted by Crippen LogP contribution is 2.45. The molecule has 0 aromatic carbocycles. The minimum absolute atomic E-state index is 0.0127. The third-order valence-corrected chi connectivity index (χ3v) is 6.84. The molecule has 7 nitrogen and oxygen atoms in total. The SMILES string of the molecule is CCC[C@@H]1C=C[C@H]2[C@H](C(=O)N(CCO)[C@@H]2C(=O)NC2CCCCC2)[C@@H]1C(=O)NC. The molecule has 1 saturated carbocycles. The summed E-state index contributed by atoms with van der Waals surface area (Å²) >= 11 is 0. The molecular weight excluding hydrogens is 370 g/mol. The zero-order chi connectivity index (χ0) is 21.0. The van der Waals surface area contributed by atoms with Crippen LogP contribution in [0.4, 0.5) is 0 Å².